The van der Waals surface area contributed by atoms with Crippen molar-refractivity contribution in [3.05, 3.63) is 66.1 Å². The first kappa shape index (κ1) is 24.6. The Morgan fingerprint density at radius 2 is 1.70 bits per heavy atom. The lowest BCUT2D eigenvalue weighted by molar-refractivity contribution is -0.274. The van der Waals surface area contributed by atoms with Crippen LogP contribution in [0.2, 0.25) is 5.02 Å². The summed E-state index contributed by atoms with van der Waals surface area (Å²) in [6, 6.07) is 11.4. The minimum atomic E-state index is -4.93. The second-order valence-corrected chi connectivity index (χ2v) is 8.94. The van der Waals surface area contributed by atoms with Crippen LogP contribution in [0, 0.1) is 0 Å². The number of hydrogen-bond acceptors (Lipinski definition) is 8. The molecule has 0 fully saturated rings. The van der Waals surface area contributed by atoms with E-state index in [0.717, 1.165) is 6.33 Å². The molecule has 0 aliphatic carbocycles. The molecule has 1 atom stereocenters. The van der Waals surface area contributed by atoms with Gasteiger partial charge in [0.05, 0.1) is 16.5 Å². The Bertz CT molecular complexity index is 1180. The zero-order chi connectivity index (χ0) is 24.1. The highest BCUT2D eigenvalue weighted by Gasteiger charge is 2.53. The number of pyridine rings is 1. The van der Waals surface area contributed by atoms with Crippen LogP contribution in [0.3, 0.4) is 0 Å². The molecule has 3 rings (SSSR count). The van der Waals surface area contributed by atoms with E-state index in [9.17, 15) is 21.6 Å². The van der Waals surface area contributed by atoms with Gasteiger partial charge in [0.15, 0.2) is 5.60 Å². The average molecular weight is 503 g/mol. The Kier molecular flexibility index (Phi) is 7.37. The van der Waals surface area contributed by atoms with Crippen molar-refractivity contribution in [3.63, 3.8) is 0 Å². The van der Waals surface area contributed by atoms with Gasteiger partial charge in [-0.05, 0) is 31.2 Å². The number of nitrogens with one attached hydrogen (secondary N) is 3. The fourth-order valence-corrected chi connectivity index (χ4v) is 3.37. The maximum Gasteiger partial charge on any atom is 0.420 e. The first-order chi connectivity index (χ1) is 15.5. The Balaban J connectivity index is 1.70. The zero-order valence-corrected chi connectivity index (χ0v) is 18.5. The summed E-state index contributed by atoms with van der Waals surface area (Å²) in [5, 5.41) is 5.78. The smallest absolute Gasteiger partial charge is 0.367 e. The van der Waals surface area contributed by atoms with Gasteiger partial charge in [0.25, 0.3) is 10.0 Å². The molecule has 0 amide bonds. The molecule has 3 N–H and O–H groups in total. The Hall–Kier alpha value is -3.00. The summed E-state index contributed by atoms with van der Waals surface area (Å²) in [5.74, 6) is 0.691. The van der Waals surface area contributed by atoms with E-state index < -0.39 is 28.3 Å². The summed E-state index contributed by atoms with van der Waals surface area (Å²) in [6.45, 7) is -0.158. The van der Waals surface area contributed by atoms with Crippen LogP contribution in [-0.2, 0) is 14.9 Å². The summed E-state index contributed by atoms with van der Waals surface area (Å²) in [5.41, 5.74) is -2.93. The summed E-state index contributed by atoms with van der Waals surface area (Å²) in [4.78, 5) is 17.9. The van der Waals surface area contributed by atoms with Gasteiger partial charge in [-0.15, -0.1) is 0 Å². The number of alkyl halides is 3. The van der Waals surface area contributed by atoms with Crippen LogP contribution in [0.5, 0.6) is 0 Å². The van der Waals surface area contributed by atoms with Crippen LogP contribution in [0.1, 0.15) is 6.92 Å². The molecule has 2 aromatic heterocycles. The van der Waals surface area contributed by atoms with Crippen LogP contribution in [-0.4, -0.2) is 41.7 Å². The third kappa shape index (κ3) is 6.51. The molecular weight excluding hydrogens is 485 g/mol. The van der Waals surface area contributed by atoms with Crippen molar-refractivity contribution in [2.24, 2.45) is 0 Å². The number of halogens is 4. The van der Waals surface area contributed by atoms with Gasteiger partial charge in [-0.3, -0.25) is 4.84 Å². The topological polar surface area (TPSA) is 118 Å². The Morgan fingerprint density at radius 3 is 2.33 bits per heavy atom. The number of benzene rings is 1. The molecule has 9 nitrogen and oxygen atoms in total. The number of rotatable bonds is 9. The standard InChI is InChI=1S/C19H18ClF3N6O3S/c1-18(19(21,22)23,32-29-33(30,31)14-5-3-2-4-6-14)11-25-16-9-17(27-12-26-16)28-15-8-7-13(20)10-24-15/h2-10,12,29H,11H2,1H3,(H2,24,25,26,27,28). The summed E-state index contributed by atoms with van der Waals surface area (Å²) in [7, 11) is -4.33. The molecule has 14 heteroatoms. The van der Waals surface area contributed by atoms with E-state index in [2.05, 4.69) is 30.4 Å². The number of aromatic nitrogens is 3. The molecule has 2 heterocycles. The first-order valence-corrected chi connectivity index (χ1v) is 11.1. The molecule has 0 spiro atoms. The lowest BCUT2D eigenvalue weighted by atomic mass is 10.1. The second-order valence-electron chi connectivity index (χ2n) is 6.86. The maximum absolute atomic E-state index is 13.7. The summed E-state index contributed by atoms with van der Waals surface area (Å²) >= 11 is 5.78. The molecule has 1 aromatic carbocycles. The quantitative estimate of drug-likeness (QED) is 0.377. The highest BCUT2D eigenvalue weighted by atomic mass is 35.5. The lowest BCUT2D eigenvalue weighted by Gasteiger charge is -2.31. The van der Waals surface area contributed by atoms with E-state index in [4.69, 9.17) is 11.6 Å². The highest BCUT2D eigenvalue weighted by Crippen LogP contribution is 2.33. The maximum atomic E-state index is 13.7. The molecule has 0 radical (unpaired) electrons. The van der Waals surface area contributed by atoms with Crippen LogP contribution in [0.15, 0.2) is 66.0 Å². The summed E-state index contributed by atoms with van der Waals surface area (Å²) < 4.78 is 65.7. The van der Waals surface area contributed by atoms with Crippen LogP contribution in [0.25, 0.3) is 0 Å². The van der Waals surface area contributed by atoms with Crippen molar-refractivity contribution in [2.45, 2.75) is 23.6 Å². The fourth-order valence-electron chi connectivity index (χ4n) is 2.35. The monoisotopic (exact) mass is 502 g/mol. The van der Waals surface area contributed by atoms with E-state index >= 15 is 0 Å². The van der Waals surface area contributed by atoms with Gasteiger partial charge >= 0.3 is 6.18 Å². The lowest BCUT2D eigenvalue weighted by Crippen LogP contribution is -2.53. The third-order valence-corrected chi connectivity index (χ3v) is 5.71. The normalized spacial score (nSPS) is 13.8. The van der Waals surface area contributed by atoms with Gasteiger partial charge in [0.1, 0.15) is 23.8 Å². The van der Waals surface area contributed by atoms with Crippen molar-refractivity contribution in [3.8, 4) is 0 Å². The van der Waals surface area contributed by atoms with Gasteiger partial charge in [0, 0.05) is 12.3 Å². The predicted molar refractivity (Wildman–Crippen MR) is 115 cm³/mol. The van der Waals surface area contributed by atoms with Gasteiger partial charge in [-0.1, -0.05) is 34.7 Å². The van der Waals surface area contributed by atoms with Crippen molar-refractivity contribution in [1.29, 1.82) is 0 Å². The Labute approximate surface area is 192 Å². The van der Waals surface area contributed by atoms with Crippen molar-refractivity contribution in [2.75, 3.05) is 17.2 Å². The largest absolute Gasteiger partial charge is 0.420 e. The molecule has 0 aliphatic heterocycles. The van der Waals surface area contributed by atoms with Crippen LogP contribution in [0.4, 0.5) is 30.6 Å². The van der Waals surface area contributed by atoms with E-state index in [0.29, 0.717) is 17.8 Å². The molecule has 176 valence electrons. The number of anilines is 3. The second kappa shape index (κ2) is 9.87. The molecule has 0 aliphatic rings. The molecule has 0 bridgehead atoms. The highest BCUT2D eigenvalue weighted by molar-refractivity contribution is 7.89. The first-order valence-electron chi connectivity index (χ1n) is 9.25. The minimum absolute atomic E-state index is 0.0338. The molecule has 0 saturated carbocycles. The van der Waals surface area contributed by atoms with E-state index in [1.54, 1.807) is 23.1 Å². The van der Waals surface area contributed by atoms with E-state index in [1.807, 2.05) is 0 Å². The van der Waals surface area contributed by atoms with Crippen molar-refractivity contribution >= 4 is 39.1 Å². The summed E-state index contributed by atoms with van der Waals surface area (Å²) in [6.07, 6.45) is -2.39. The van der Waals surface area contributed by atoms with Gasteiger partial charge < -0.3 is 10.6 Å². The molecule has 3 aromatic rings. The van der Waals surface area contributed by atoms with Gasteiger partial charge in [-0.25, -0.2) is 23.4 Å². The molecular formula is C19H18ClF3N6O3S. The van der Waals surface area contributed by atoms with Gasteiger partial charge in [0.2, 0.25) is 0 Å². The molecule has 33 heavy (non-hydrogen) atoms. The Morgan fingerprint density at radius 1 is 1.00 bits per heavy atom. The van der Waals surface area contributed by atoms with Crippen LogP contribution >= 0.6 is 11.6 Å². The third-order valence-electron chi connectivity index (χ3n) is 4.29. The predicted octanol–water partition coefficient (Wildman–Crippen LogP) is 3.91. The van der Waals surface area contributed by atoms with Crippen molar-refractivity contribution < 1.29 is 26.4 Å². The van der Waals surface area contributed by atoms with Crippen molar-refractivity contribution in [1.82, 2.24) is 19.8 Å². The van der Waals surface area contributed by atoms with E-state index in [1.165, 1.54) is 36.5 Å². The molecule has 1 unspecified atom stereocenters. The average Bonchev–Trinajstić information content (AvgIpc) is 2.78. The fraction of sp³-hybridized carbons (Fsp3) is 0.211. The number of sulfonamides is 1. The molecule has 0 saturated heterocycles. The minimum Gasteiger partial charge on any atom is -0.367 e. The van der Waals surface area contributed by atoms with E-state index in [-0.39, 0.29) is 16.5 Å². The van der Waals surface area contributed by atoms with Crippen LogP contribution < -0.4 is 15.5 Å². The number of hydrogen-bond donors (Lipinski definition) is 3. The SMILES string of the molecule is CC(CNc1cc(Nc2ccc(Cl)cn2)ncn1)(ONS(=O)(=O)c1ccccc1)C(F)(F)F. The van der Waals surface area contributed by atoms with Gasteiger partial charge in [-0.2, -0.15) is 13.2 Å². The number of nitrogens with zero attached hydrogens (tertiary/aromatic N) is 3. The zero-order valence-electron chi connectivity index (χ0n) is 17.0.